The van der Waals surface area contributed by atoms with E-state index in [0.29, 0.717) is 0 Å². The zero-order valence-electron chi connectivity index (χ0n) is 19.3. The Morgan fingerprint density at radius 1 is 0.882 bits per heavy atom. The average Bonchev–Trinajstić information content (AvgIpc) is 2.70. The number of ether oxygens (including phenoxy) is 4. The van der Waals surface area contributed by atoms with E-state index in [1.807, 2.05) is 0 Å². The Balaban J connectivity index is 2.40. The van der Waals surface area contributed by atoms with Crippen molar-refractivity contribution in [1.82, 2.24) is 5.32 Å². The van der Waals surface area contributed by atoms with Crippen molar-refractivity contribution in [1.29, 1.82) is 0 Å². The summed E-state index contributed by atoms with van der Waals surface area (Å²) in [5.41, 5.74) is 0.835. The average molecular weight is 502 g/mol. The first-order valence-electron chi connectivity index (χ1n) is 10.2. The molecule has 1 aromatic carbocycles. The van der Waals surface area contributed by atoms with Crippen LogP contribution in [0.2, 0.25) is 0 Å². The third-order valence-electron chi connectivity index (χ3n) is 4.60. The molecular formula is C21H27NO11S. The van der Waals surface area contributed by atoms with Gasteiger partial charge < -0.3 is 24.3 Å². The zero-order valence-corrected chi connectivity index (χ0v) is 20.1. The molecule has 0 spiro atoms. The molecule has 0 radical (unpaired) electrons. The van der Waals surface area contributed by atoms with Crippen LogP contribution in [-0.2, 0) is 52.4 Å². The van der Waals surface area contributed by atoms with Gasteiger partial charge in [0.15, 0.2) is 12.2 Å². The van der Waals surface area contributed by atoms with Crippen molar-refractivity contribution in [3.63, 3.8) is 0 Å². The summed E-state index contributed by atoms with van der Waals surface area (Å²) in [5, 5.41) is 2.45. The number of hydrogen-bond acceptors (Lipinski definition) is 11. The van der Waals surface area contributed by atoms with Gasteiger partial charge in [0.1, 0.15) is 12.1 Å². The van der Waals surface area contributed by atoms with E-state index in [0.717, 1.165) is 26.3 Å². The molecule has 2 rings (SSSR count). The molecule has 0 aromatic heterocycles. The van der Waals surface area contributed by atoms with Crippen LogP contribution in [0.15, 0.2) is 29.2 Å². The van der Waals surface area contributed by atoms with E-state index < -0.39 is 71.2 Å². The molecule has 1 heterocycles. The number of carbonyl (C=O) groups is 4. The van der Waals surface area contributed by atoms with E-state index in [-0.39, 0.29) is 4.90 Å². The lowest BCUT2D eigenvalue weighted by Crippen LogP contribution is -2.66. The molecule has 1 aliphatic heterocycles. The van der Waals surface area contributed by atoms with Gasteiger partial charge >= 0.3 is 17.9 Å². The van der Waals surface area contributed by atoms with Crippen LogP contribution in [0.3, 0.4) is 0 Å². The van der Waals surface area contributed by atoms with E-state index in [2.05, 4.69) is 5.32 Å². The molecule has 0 bridgehead atoms. The van der Waals surface area contributed by atoms with Crippen molar-refractivity contribution >= 4 is 33.9 Å². The molecule has 1 saturated heterocycles. The SMILES string of the molecule is CC(=O)N[C@@H]1[C@H](OC(C)=O)O[C@H](COS(=O)(=O)c2ccc(C)cc2)[C@@H](OC(C)=O)[C@@H]1OC(C)=O. The molecule has 34 heavy (non-hydrogen) atoms. The van der Waals surface area contributed by atoms with Crippen molar-refractivity contribution in [3.8, 4) is 0 Å². The van der Waals surface area contributed by atoms with E-state index in [1.165, 1.54) is 19.1 Å². The molecule has 0 saturated carbocycles. The van der Waals surface area contributed by atoms with Crippen molar-refractivity contribution < 1.29 is 50.7 Å². The van der Waals surface area contributed by atoms with E-state index in [1.54, 1.807) is 19.1 Å². The van der Waals surface area contributed by atoms with Gasteiger partial charge in [-0.1, -0.05) is 17.7 Å². The highest BCUT2D eigenvalue weighted by Gasteiger charge is 2.52. The molecule has 13 heteroatoms. The number of esters is 3. The summed E-state index contributed by atoms with van der Waals surface area (Å²) in [6.45, 7) is 5.51. The summed E-state index contributed by atoms with van der Waals surface area (Å²) in [6, 6.07) is 4.61. The lowest BCUT2D eigenvalue weighted by atomic mass is 9.96. The van der Waals surface area contributed by atoms with Crippen LogP contribution < -0.4 is 5.32 Å². The van der Waals surface area contributed by atoms with Gasteiger partial charge in [0.2, 0.25) is 12.2 Å². The Labute approximate surface area is 196 Å². The van der Waals surface area contributed by atoms with Crippen molar-refractivity contribution in [2.75, 3.05) is 6.61 Å². The summed E-state index contributed by atoms with van der Waals surface area (Å²) >= 11 is 0. The van der Waals surface area contributed by atoms with Gasteiger partial charge in [0.25, 0.3) is 10.1 Å². The maximum absolute atomic E-state index is 12.6. The van der Waals surface area contributed by atoms with Crippen molar-refractivity contribution in [2.24, 2.45) is 0 Å². The standard InChI is InChI=1S/C21H27NO11S/c1-11-6-8-16(9-7-11)34(27,28)29-10-17-19(30-13(3)24)20(31-14(4)25)18(22-12(2)23)21(33-17)32-15(5)26/h6-9,17-21H,10H2,1-5H3,(H,22,23)/t17-,18+,19-,20-,21-/m1/s1. The highest BCUT2D eigenvalue weighted by molar-refractivity contribution is 7.86. The number of benzene rings is 1. The molecule has 12 nitrogen and oxygen atoms in total. The maximum atomic E-state index is 12.6. The Kier molecular flexibility index (Phi) is 9.13. The van der Waals surface area contributed by atoms with Crippen LogP contribution in [0.4, 0.5) is 0 Å². The van der Waals surface area contributed by atoms with Crippen LogP contribution >= 0.6 is 0 Å². The first kappa shape index (κ1) is 27.2. The lowest BCUT2D eigenvalue weighted by molar-refractivity contribution is -0.268. The van der Waals surface area contributed by atoms with E-state index in [9.17, 15) is 27.6 Å². The molecule has 188 valence electrons. The van der Waals surface area contributed by atoms with Gasteiger partial charge in [0.05, 0.1) is 11.5 Å². The number of hydrogen-bond donors (Lipinski definition) is 1. The Morgan fingerprint density at radius 2 is 1.41 bits per heavy atom. The van der Waals surface area contributed by atoms with Gasteiger partial charge in [-0.25, -0.2) is 0 Å². The fourth-order valence-electron chi connectivity index (χ4n) is 3.29. The first-order valence-corrected chi connectivity index (χ1v) is 11.6. The fourth-order valence-corrected chi connectivity index (χ4v) is 4.20. The number of aryl methyl sites for hydroxylation is 1. The third-order valence-corrected chi connectivity index (χ3v) is 5.90. The zero-order chi connectivity index (χ0) is 25.6. The van der Waals surface area contributed by atoms with Gasteiger partial charge in [-0.3, -0.25) is 23.4 Å². The van der Waals surface area contributed by atoms with E-state index in [4.69, 9.17) is 23.1 Å². The Morgan fingerprint density at radius 3 is 1.91 bits per heavy atom. The number of carbonyl (C=O) groups excluding carboxylic acids is 4. The molecule has 1 aliphatic rings. The first-order chi connectivity index (χ1) is 15.8. The second kappa shape index (κ2) is 11.4. The van der Waals surface area contributed by atoms with Crippen LogP contribution in [-0.4, -0.2) is 69.5 Å². The predicted molar refractivity (Wildman–Crippen MR) is 113 cm³/mol. The minimum Gasteiger partial charge on any atom is -0.456 e. The largest absolute Gasteiger partial charge is 0.456 e. The minimum atomic E-state index is -4.25. The molecule has 0 unspecified atom stereocenters. The Hall–Kier alpha value is -3.03. The van der Waals surface area contributed by atoms with Crippen LogP contribution in [0.1, 0.15) is 33.3 Å². The monoisotopic (exact) mass is 501 g/mol. The predicted octanol–water partition coefficient (Wildman–Crippen LogP) is 0.356. The van der Waals surface area contributed by atoms with Crippen molar-refractivity contribution in [3.05, 3.63) is 29.8 Å². The van der Waals surface area contributed by atoms with Crippen LogP contribution in [0.5, 0.6) is 0 Å². The molecule has 1 fully saturated rings. The second-order valence-corrected chi connectivity index (χ2v) is 9.19. The molecule has 1 aromatic rings. The van der Waals surface area contributed by atoms with Crippen molar-refractivity contribution in [2.45, 2.75) is 70.2 Å². The van der Waals surface area contributed by atoms with E-state index >= 15 is 0 Å². The summed E-state index contributed by atoms with van der Waals surface area (Å²) in [4.78, 5) is 46.8. The van der Waals surface area contributed by atoms with Gasteiger partial charge in [-0.05, 0) is 19.1 Å². The number of nitrogens with one attached hydrogen (secondary N) is 1. The van der Waals surface area contributed by atoms with Gasteiger partial charge in [-0.15, -0.1) is 0 Å². The topological polar surface area (TPSA) is 161 Å². The highest BCUT2D eigenvalue weighted by atomic mass is 32.2. The number of rotatable bonds is 8. The van der Waals surface area contributed by atoms with Gasteiger partial charge in [0, 0.05) is 27.7 Å². The maximum Gasteiger partial charge on any atom is 0.305 e. The summed E-state index contributed by atoms with van der Waals surface area (Å²) in [6.07, 6.45) is -5.66. The van der Waals surface area contributed by atoms with Crippen LogP contribution in [0, 0.1) is 6.92 Å². The minimum absolute atomic E-state index is 0.123. The molecule has 1 N–H and O–H groups in total. The van der Waals surface area contributed by atoms with Crippen LogP contribution in [0.25, 0.3) is 0 Å². The quantitative estimate of drug-likeness (QED) is 0.297. The second-order valence-electron chi connectivity index (χ2n) is 7.58. The lowest BCUT2D eigenvalue weighted by Gasteiger charge is -2.44. The Bertz CT molecular complexity index is 1020. The summed E-state index contributed by atoms with van der Waals surface area (Å²) in [7, 11) is -4.25. The highest BCUT2D eigenvalue weighted by Crippen LogP contribution is 2.28. The number of amides is 1. The van der Waals surface area contributed by atoms with Gasteiger partial charge in [-0.2, -0.15) is 8.42 Å². The normalized spacial score (nSPS) is 24.6. The fraction of sp³-hybridized carbons (Fsp3) is 0.524. The smallest absolute Gasteiger partial charge is 0.305 e. The third kappa shape index (κ3) is 7.50. The summed E-state index contributed by atoms with van der Waals surface area (Å²) in [5.74, 6) is -2.97. The molecular weight excluding hydrogens is 474 g/mol. The summed E-state index contributed by atoms with van der Waals surface area (Å²) < 4.78 is 51.7. The molecule has 1 amide bonds. The molecule has 5 atom stereocenters. The molecule has 0 aliphatic carbocycles.